The zero-order chi connectivity index (χ0) is 33.5. The molecule has 12 heteroatoms. The van der Waals surface area contributed by atoms with Gasteiger partial charge in [0.25, 0.3) is 0 Å². The highest BCUT2D eigenvalue weighted by atomic mass is 16.6. The molecule has 0 fully saturated rings. The molecule has 0 aliphatic carbocycles. The van der Waals surface area contributed by atoms with Gasteiger partial charge in [-0.05, 0) is 43.3 Å². The summed E-state index contributed by atoms with van der Waals surface area (Å²) in [5, 5.41) is 43.5. The minimum atomic E-state index is -1.09. The molecule has 1 atom stereocenters. The number of hydrogen-bond acceptors (Lipinski definition) is 10. The molecule has 1 aliphatic rings. The van der Waals surface area contributed by atoms with Crippen LogP contribution in [-0.4, -0.2) is 56.0 Å². The molecule has 0 bridgehead atoms. The summed E-state index contributed by atoms with van der Waals surface area (Å²) in [5.74, 6) is 0.0785. The fourth-order valence-corrected chi connectivity index (χ4v) is 6.59. The molecule has 0 spiro atoms. The minimum absolute atomic E-state index is 0.0121. The van der Waals surface area contributed by atoms with Crippen LogP contribution < -0.4 is 29.8 Å². The van der Waals surface area contributed by atoms with Crippen LogP contribution in [-0.2, 0) is 14.1 Å². The van der Waals surface area contributed by atoms with Crippen LogP contribution >= 0.6 is 0 Å². The number of methoxy groups -OCH3 is 2. The van der Waals surface area contributed by atoms with Gasteiger partial charge in [0.05, 0.1) is 52.3 Å². The van der Waals surface area contributed by atoms with Crippen LogP contribution in [0.4, 0.5) is 0 Å². The molecule has 0 saturated carbocycles. The van der Waals surface area contributed by atoms with Crippen molar-refractivity contribution in [1.82, 2.24) is 9.13 Å². The minimum Gasteiger partial charge on any atom is -0.507 e. The van der Waals surface area contributed by atoms with E-state index in [0.29, 0.717) is 27.9 Å². The molecule has 12 nitrogen and oxygen atoms in total. The fraction of sp³-hybridized carbons (Fsp3) is 0.200. The standard InChI is InChI=1S/C35H30N2O10/c1-35(12-11-16-20(39)13-21(40)25-28(16)36(2)27-17(31(25)42)7-6-8-19(27)38)15-46-34-23(47-35)10-9-18-29(34)37(3)30-26(32(18)43)22(41)14-24(44-4)33(30)45-5/h6-14,38-41H,15H2,1-5H3/b12-11-/t35-/m1/s1. The van der Waals surface area contributed by atoms with Gasteiger partial charge in [-0.1, -0.05) is 6.07 Å². The quantitative estimate of drug-likeness (QED) is 0.198. The Bertz CT molecular complexity index is 2500. The first-order chi connectivity index (χ1) is 22.4. The summed E-state index contributed by atoms with van der Waals surface area (Å²) in [6, 6.07) is 10.2. The molecular weight excluding hydrogens is 608 g/mol. The lowest BCUT2D eigenvalue weighted by molar-refractivity contribution is 0.0461. The molecule has 0 unspecified atom stereocenters. The second kappa shape index (κ2) is 10.2. The van der Waals surface area contributed by atoms with Crippen LogP contribution in [0.1, 0.15) is 12.5 Å². The van der Waals surface area contributed by atoms with Gasteiger partial charge in [0.2, 0.25) is 10.9 Å². The van der Waals surface area contributed by atoms with Crippen molar-refractivity contribution in [3.05, 3.63) is 74.6 Å². The van der Waals surface area contributed by atoms with Gasteiger partial charge in [-0.15, -0.1) is 0 Å². The molecule has 0 saturated heterocycles. The van der Waals surface area contributed by atoms with Crippen LogP contribution in [0.15, 0.2) is 58.1 Å². The average Bonchev–Trinajstić information content (AvgIpc) is 3.04. The Morgan fingerprint density at radius 2 is 1.45 bits per heavy atom. The summed E-state index contributed by atoms with van der Waals surface area (Å²) < 4.78 is 26.9. The SMILES string of the molecule is COc1cc(O)c2c(=O)c3ccc4c(c3n(C)c2c1OC)OC[C@@](C)(/C=C\c1c(O)cc(O)c2c(=O)c3cccc(O)c3n(C)c12)O4. The van der Waals surface area contributed by atoms with Gasteiger partial charge in [0, 0.05) is 31.8 Å². The Morgan fingerprint density at radius 3 is 2.15 bits per heavy atom. The zero-order valence-corrected chi connectivity index (χ0v) is 26.0. The Labute approximate surface area is 266 Å². The summed E-state index contributed by atoms with van der Waals surface area (Å²) in [6.45, 7) is 1.75. The van der Waals surface area contributed by atoms with Crippen molar-refractivity contribution in [3.8, 4) is 46.0 Å². The summed E-state index contributed by atoms with van der Waals surface area (Å²) in [4.78, 5) is 27.1. The highest BCUT2D eigenvalue weighted by Crippen LogP contribution is 2.46. The van der Waals surface area contributed by atoms with E-state index >= 15 is 0 Å². The van der Waals surface area contributed by atoms with E-state index < -0.39 is 22.2 Å². The van der Waals surface area contributed by atoms with E-state index in [1.807, 2.05) is 0 Å². The number of pyridine rings is 2. The maximum absolute atomic E-state index is 13.7. The lowest BCUT2D eigenvalue weighted by Crippen LogP contribution is -2.40. The molecule has 0 radical (unpaired) electrons. The largest absolute Gasteiger partial charge is 0.507 e. The Hall–Kier alpha value is -6.04. The Balaban J connectivity index is 1.38. The van der Waals surface area contributed by atoms with Gasteiger partial charge in [0.1, 0.15) is 35.1 Å². The fourth-order valence-electron chi connectivity index (χ4n) is 6.59. The predicted octanol–water partition coefficient (Wildman–Crippen LogP) is 4.78. The molecule has 6 aromatic rings. The third kappa shape index (κ3) is 4.14. The van der Waals surface area contributed by atoms with Gasteiger partial charge in [-0.3, -0.25) is 9.59 Å². The van der Waals surface area contributed by atoms with E-state index in [9.17, 15) is 30.0 Å². The summed E-state index contributed by atoms with van der Waals surface area (Å²) in [5.41, 5.74) is -0.623. The first-order valence-electron chi connectivity index (χ1n) is 14.5. The number of aryl methyl sites for hydroxylation is 2. The normalized spacial score (nSPS) is 16.1. The van der Waals surface area contributed by atoms with E-state index in [4.69, 9.17) is 18.9 Å². The van der Waals surface area contributed by atoms with Crippen LogP contribution in [0, 0.1) is 0 Å². The lowest BCUT2D eigenvalue weighted by Gasteiger charge is -2.34. The first-order valence-corrected chi connectivity index (χ1v) is 14.5. The van der Waals surface area contributed by atoms with E-state index in [1.54, 1.807) is 66.6 Å². The van der Waals surface area contributed by atoms with E-state index in [-0.39, 0.29) is 68.1 Å². The maximum Gasteiger partial charge on any atom is 0.201 e. The number of nitrogens with zero attached hydrogens (tertiary/aromatic N) is 2. The van der Waals surface area contributed by atoms with Crippen LogP contribution in [0.2, 0.25) is 0 Å². The van der Waals surface area contributed by atoms with Crippen molar-refractivity contribution in [1.29, 1.82) is 0 Å². The predicted molar refractivity (Wildman–Crippen MR) is 177 cm³/mol. The summed E-state index contributed by atoms with van der Waals surface area (Å²) >= 11 is 0. The number of hydrogen-bond donors (Lipinski definition) is 4. The van der Waals surface area contributed by atoms with E-state index in [2.05, 4.69) is 0 Å². The first kappa shape index (κ1) is 29.7. The number of aromatic nitrogens is 2. The highest BCUT2D eigenvalue weighted by molar-refractivity contribution is 6.04. The lowest BCUT2D eigenvalue weighted by atomic mass is 9.99. The third-order valence-electron chi connectivity index (χ3n) is 8.76. The summed E-state index contributed by atoms with van der Waals surface area (Å²) in [7, 11) is 6.22. The highest BCUT2D eigenvalue weighted by Gasteiger charge is 2.34. The van der Waals surface area contributed by atoms with Crippen LogP contribution in [0.5, 0.6) is 46.0 Å². The number of fused-ring (bicyclic) bond motifs is 6. The second-order valence-corrected chi connectivity index (χ2v) is 11.7. The van der Waals surface area contributed by atoms with Gasteiger partial charge in [-0.25, -0.2) is 0 Å². The molecular formula is C35H30N2O10. The van der Waals surface area contributed by atoms with Crippen molar-refractivity contribution in [2.45, 2.75) is 12.5 Å². The molecule has 4 aromatic carbocycles. The van der Waals surface area contributed by atoms with Crippen molar-refractivity contribution in [2.75, 3.05) is 20.8 Å². The second-order valence-electron chi connectivity index (χ2n) is 11.7. The molecule has 2 aromatic heterocycles. The molecule has 0 amide bonds. The van der Waals surface area contributed by atoms with Crippen molar-refractivity contribution < 1.29 is 39.4 Å². The molecule has 240 valence electrons. The van der Waals surface area contributed by atoms with E-state index in [1.165, 1.54) is 26.4 Å². The molecule has 4 N–H and O–H groups in total. The maximum atomic E-state index is 13.7. The van der Waals surface area contributed by atoms with Crippen molar-refractivity contribution in [3.63, 3.8) is 0 Å². The van der Waals surface area contributed by atoms with Gasteiger partial charge in [0.15, 0.2) is 28.6 Å². The number of para-hydroxylation sites is 1. The molecule has 47 heavy (non-hydrogen) atoms. The van der Waals surface area contributed by atoms with Crippen molar-refractivity contribution in [2.24, 2.45) is 14.1 Å². The third-order valence-corrected chi connectivity index (χ3v) is 8.76. The van der Waals surface area contributed by atoms with Gasteiger partial charge >= 0.3 is 0 Å². The van der Waals surface area contributed by atoms with Crippen LogP contribution in [0.3, 0.4) is 0 Å². The molecule has 3 heterocycles. The number of rotatable bonds is 4. The van der Waals surface area contributed by atoms with Gasteiger partial charge in [-0.2, -0.15) is 0 Å². The Kier molecular flexibility index (Phi) is 6.46. The van der Waals surface area contributed by atoms with Crippen molar-refractivity contribution >= 4 is 49.7 Å². The number of aromatic hydroxyl groups is 4. The monoisotopic (exact) mass is 638 g/mol. The topological polar surface area (TPSA) is 162 Å². The number of phenolic OH excluding ortho intramolecular Hbond substituents is 4. The van der Waals surface area contributed by atoms with Gasteiger partial charge < -0.3 is 48.5 Å². The zero-order valence-electron chi connectivity index (χ0n) is 26.0. The Morgan fingerprint density at radius 1 is 0.787 bits per heavy atom. The number of ether oxygens (including phenoxy) is 4. The van der Waals surface area contributed by atoms with E-state index in [0.717, 1.165) is 6.07 Å². The van der Waals surface area contributed by atoms with Crippen LogP contribution in [0.25, 0.3) is 49.7 Å². The number of phenols is 4. The average molecular weight is 639 g/mol. The molecule has 7 rings (SSSR count). The number of benzene rings is 4. The summed E-state index contributed by atoms with van der Waals surface area (Å²) in [6.07, 6.45) is 3.23. The smallest absolute Gasteiger partial charge is 0.201 e. The molecule has 1 aliphatic heterocycles.